The van der Waals surface area contributed by atoms with E-state index in [0.29, 0.717) is 0 Å². The summed E-state index contributed by atoms with van der Waals surface area (Å²) in [5.74, 6) is 0.0342. The van der Waals surface area contributed by atoms with Gasteiger partial charge in [0.15, 0.2) is 5.78 Å². The average Bonchev–Trinajstić information content (AvgIpc) is 3.05. The van der Waals surface area contributed by atoms with Crippen molar-refractivity contribution in [3.8, 4) is 0 Å². The summed E-state index contributed by atoms with van der Waals surface area (Å²) in [7, 11) is 0. The Morgan fingerprint density at radius 2 is 2.13 bits per heavy atom. The molecule has 0 aromatic heterocycles. The summed E-state index contributed by atoms with van der Waals surface area (Å²) in [6.07, 6.45) is 2.44. The quantitative estimate of drug-likeness (QED) is 0.555. The van der Waals surface area contributed by atoms with Crippen LogP contribution >= 0.6 is 0 Å². The van der Waals surface area contributed by atoms with Gasteiger partial charge in [0.1, 0.15) is 6.29 Å². The molecule has 0 N–H and O–H groups in total. The highest BCUT2D eigenvalue weighted by Crippen LogP contribution is 2.54. The van der Waals surface area contributed by atoms with Crippen LogP contribution in [-0.4, -0.2) is 12.1 Å². The van der Waals surface area contributed by atoms with Gasteiger partial charge < -0.3 is 4.79 Å². The number of hydrogen-bond acceptors (Lipinski definition) is 2. The van der Waals surface area contributed by atoms with Crippen LogP contribution in [0.4, 0.5) is 0 Å². The molecule has 1 saturated carbocycles. The highest BCUT2D eigenvalue weighted by Gasteiger charge is 2.56. The Morgan fingerprint density at radius 3 is 2.60 bits per heavy atom. The number of carbonyl (C=O) groups is 2. The number of benzene rings is 1. The average molecular weight is 202 g/mol. The summed E-state index contributed by atoms with van der Waals surface area (Å²) < 4.78 is 0. The molecule has 1 aromatic rings. The van der Waals surface area contributed by atoms with Crippen molar-refractivity contribution in [3.05, 3.63) is 35.9 Å². The summed E-state index contributed by atoms with van der Waals surface area (Å²) in [5.41, 5.74) is 0.368. The second-order valence-electron chi connectivity index (χ2n) is 4.19. The van der Waals surface area contributed by atoms with Crippen LogP contribution in [0, 0.1) is 11.3 Å². The van der Waals surface area contributed by atoms with E-state index >= 15 is 0 Å². The molecular formula is C13H14O2. The molecule has 2 nitrogen and oxygen atoms in total. The van der Waals surface area contributed by atoms with Crippen molar-refractivity contribution in [2.24, 2.45) is 11.3 Å². The van der Waals surface area contributed by atoms with Crippen LogP contribution in [0.3, 0.4) is 0 Å². The molecule has 0 radical (unpaired) electrons. The van der Waals surface area contributed by atoms with Crippen LogP contribution in [0.15, 0.2) is 30.3 Å². The van der Waals surface area contributed by atoms with Crippen LogP contribution in [-0.2, 0) is 4.79 Å². The van der Waals surface area contributed by atoms with Gasteiger partial charge in [-0.15, -0.1) is 0 Å². The fraction of sp³-hybridized carbons (Fsp3) is 0.385. The molecule has 0 bridgehead atoms. The Bertz CT molecular complexity index is 383. The Hall–Kier alpha value is -1.44. The molecule has 78 valence electrons. The Kier molecular flexibility index (Phi) is 2.43. The third-order valence-corrected chi connectivity index (χ3v) is 3.39. The lowest BCUT2D eigenvalue weighted by Gasteiger charge is -2.05. The minimum absolute atomic E-state index is 0.0811. The normalized spacial score (nSPS) is 28.5. The van der Waals surface area contributed by atoms with E-state index in [-0.39, 0.29) is 17.1 Å². The lowest BCUT2D eigenvalue weighted by atomic mass is 9.97. The van der Waals surface area contributed by atoms with E-state index in [2.05, 4.69) is 0 Å². The van der Waals surface area contributed by atoms with Crippen LogP contribution < -0.4 is 0 Å². The first kappa shape index (κ1) is 10.1. The van der Waals surface area contributed by atoms with Gasteiger partial charge >= 0.3 is 0 Å². The fourth-order valence-electron chi connectivity index (χ4n) is 2.08. The predicted octanol–water partition coefficient (Wildman–Crippen LogP) is 2.48. The molecule has 1 aliphatic carbocycles. The molecule has 1 fully saturated rings. The minimum Gasteiger partial charge on any atom is -0.303 e. The molecule has 15 heavy (non-hydrogen) atoms. The van der Waals surface area contributed by atoms with E-state index in [0.717, 1.165) is 24.7 Å². The lowest BCUT2D eigenvalue weighted by Crippen LogP contribution is -2.11. The van der Waals surface area contributed by atoms with Crippen molar-refractivity contribution >= 4 is 12.1 Å². The molecule has 0 spiro atoms. The SMILES string of the molecule is CCC1(C=O)CC1C(=O)c1ccccc1. The van der Waals surface area contributed by atoms with Crippen molar-refractivity contribution in [1.29, 1.82) is 0 Å². The summed E-state index contributed by atoms with van der Waals surface area (Å²) in [4.78, 5) is 22.9. The topological polar surface area (TPSA) is 34.1 Å². The summed E-state index contributed by atoms with van der Waals surface area (Å²) >= 11 is 0. The smallest absolute Gasteiger partial charge is 0.166 e. The molecule has 0 saturated heterocycles. The van der Waals surface area contributed by atoms with Crippen LogP contribution in [0.25, 0.3) is 0 Å². The molecule has 2 rings (SSSR count). The maximum atomic E-state index is 12.0. The Balaban J connectivity index is 2.16. The van der Waals surface area contributed by atoms with Gasteiger partial charge in [-0.05, 0) is 12.8 Å². The van der Waals surface area contributed by atoms with Crippen molar-refractivity contribution < 1.29 is 9.59 Å². The van der Waals surface area contributed by atoms with E-state index < -0.39 is 0 Å². The molecule has 2 atom stereocenters. The molecule has 2 unspecified atom stereocenters. The molecule has 2 heteroatoms. The van der Waals surface area contributed by atoms with Crippen molar-refractivity contribution in [1.82, 2.24) is 0 Å². The molecule has 0 heterocycles. The van der Waals surface area contributed by atoms with Crippen LogP contribution in [0.5, 0.6) is 0 Å². The highest BCUT2D eigenvalue weighted by atomic mass is 16.1. The lowest BCUT2D eigenvalue weighted by molar-refractivity contribution is -0.112. The zero-order chi connectivity index (χ0) is 10.9. The molecule has 1 aromatic carbocycles. The first-order valence-electron chi connectivity index (χ1n) is 5.29. The van der Waals surface area contributed by atoms with Gasteiger partial charge in [-0.1, -0.05) is 37.3 Å². The summed E-state index contributed by atoms with van der Waals surface area (Å²) in [6.45, 7) is 1.96. The summed E-state index contributed by atoms with van der Waals surface area (Å²) in [5, 5.41) is 0. The van der Waals surface area contributed by atoms with Crippen LogP contribution in [0.2, 0.25) is 0 Å². The number of hydrogen-bond donors (Lipinski definition) is 0. The molecule has 0 amide bonds. The van der Waals surface area contributed by atoms with E-state index in [9.17, 15) is 9.59 Å². The number of carbonyl (C=O) groups excluding carboxylic acids is 2. The van der Waals surface area contributed by atoms with Gasteiger partial charge in [0.05, 0.1) is 0 Å². The Labute approximate surface area is 89.3 Å². The molecular weight excluding hydrogens is 188 g/mol. The molecule has 1 aliphatic rings. The second kappa shape index (κ2) is 3.61. The standard InChI is InChI=1S/C13H14O2/c1-2-13(9-14)8-11(13)12(15)10-6-4-3-5-7-10/h3-7,9,11H,2,8H2,1H3. The minimum atomic E-state index is -0.354. The zero-order valence-electron chi connectivity index (χ0n) is 8.77. The second-order valence-corrected chi connectivity index (χ2v) is 4.19. The summed E-state index contributed by atoms with van der Waals surface area (Å²) in [6, 6.07) is 9.21. The first-order valence-corrected chi connectivity index (χ1v) is 5.29. The third kappa shape index (κ3) is 1.60. The van der Waals surface area contributed by atoms with Gasteiger partial charge in [0, 0.05) is 16.9 Å². The largest absolute Gasteiger partial charge is 0.303 e. The fourth-order valence-corrected chi connectivity index (χ4v) is 2.08. The number of rotatable bonds is 4. The van der Waals surface area contributed by atoms with Crippen molar-refractivity contribution in [2.45, 2.75) is 19.8 Å². The predicted molar refractivity (Wildman–Crippen MR) is 57.7 cm³/mol. The first-order chi connectivity index (χ1) is 7.23. The van der Waals surface area contributed by atoms with Gasteiger partial charge in [0.25, 0.3) is 0 Å². The van der Waals surface area contributed by atoms with Crippen molar-refractivity contribution in [3.63, 3.8) is 0 Å². The van der Waals surface area contributed by atoms with Crippen LogP contribution in [0.1, 0.15) is 30.1 Å². The van der Waals surface area contributed by atoms with Gasteiger partial charge in [-0.25, -0.2) is 0 Å². The monoisotopic (exact) mass is 202 g/mol. The van der Waals surface area contributed by atoms with Gasteiger partial charge in [0.2, 0.25) is 0 Å². The van der Waals surface area contributed by atoms with Gasteiger partial charge in [-0.2, -0.15) is 0 Å². The zero-order valence-corrected chi connectivity index (χ0v) is 8.77. The maximum Gasteiger partial charge on any atom is 0.166 e. The Morgan fingerprint density at radius 1 is 1.47 bits per heavy atom. The van der Waals surface area contributed by atoms with E-state index in [4.69, 9.17) is 0 Å². The van der Waals surface area contributed by atoms with E-state index in [1.807, 2.05) is 37.3 Å². The third-order valence-electron chi connectivity index (χ3n) is 3.39. The maximum absolute atomic E-state index is 12.0. The van der Waals surface area contributed by atoms with Gasteiger partial charge in [-0.3, -0.25) is 4.79 Å². The number of Topliss-reactive ketones (excluding diaryl/α,β-unsaturated/α-hetero) is 1. The van der Waals surface area contributed by atoms with E-state index in [1.54, 1.807) is 0 Å². The highest BCUT2D eigenvalue weighted by molar-refractivity contribution is 6.02. The number of aldehydes is 1. The van der Waals surface area contributed by atoms with E-state index in [1.165, 1.54) is 0 Å². The molecule has 0 aliphatic heterocycles. The van der Waals surface area contributed by atoms with Crippen molar-refractivity contribution in [2.75, 3.05) is 0 Å². The number of ketones is 1.